The molecule has 112 valence electrons. The fourth-order valence-corrected chi connectivity index (χ4v) is 1.41. The Labute approximate surface area is 118 Å². The highest BCUT2D eigenvalue weighted by Crippen LogP contribution is 2.02. The Morgan fingerprint density at radius 1 is 1.25 bits per heavy atom. The second-order valence-corrected chi connectivity index (χ2v) is 4.02. The van der Waals surface area contributed by atoms with Crippen LogP contribution in [0.4, 0.5) is 0 Å². The van der Waals surface area contributed by atoms with Gasteiger partial charge in [-0.2, -0.15) is 0 Å². The zero-order valence-corrected chi connectivity index (χ0v) is 11.6. The van der Waals surface area contributed by atoms with Crippen molar-refractivity contribution >= 4 is 5.91 Å². The van der Waals surface area contributed by atoms with Crippen molar-refractivity contribution in [2.75, 3.05) is 33.5 Å². The maximum atomic E-state index is 11.2. The van der Waals surface area contributed by atoms with E-state index in [0.29, 0.717) is 38.6 Å². The third-order valence-electron chi connectivity index (χ3n) is 2.48. The smallest absolute Gasteiger partial charge is 0.266 e. The van der Waals surface area contributed by atoms with E-state index < -0.39 is 0 Å². The van der Waals surface area contributed by atoms with Crippen LogP contribution in [0.3, 0.4) is 0 Å². The number of nitrogens with one attached hydrogen (secondary N) is 1. The Morgan fingerprint density at radius 2 is 2.05 bits per heavy atom. The molecule has 1 aromatic heterocycles. The zero-order valence-electron chi connectivity index (χ0n) is 11.6. The summed E-state index contributed by atoms with van der Waals surface area (Å²) in [5.74, 6) is 4.66. The molecule has 0 atom stereocenters. The molecule has 1 amide bonds. The predicted molar refractivity (Wildman–Crippen MR) is 72.9 cm³/mol. The van der Waals surface area contributed by atoms with Gasteiger partial charge in [-0.05, 0) is 18.6 Å². The minimum atomic E-state index is -0.363. The summed E-state index contributed by atoms with van der Waals surface area (Å²) < 4.78 is 15.6. The molecule has 20 heavy (non-hydrogen) atoms. The number of ether oxygens (including phenoxy) is 3. The van der Waals surface area contributed by atoms with E-state index in [9.17, 15) is 4.79 Å². The van der Waals surface area contributed by atoms with Crippen LogP contribution in [0.2, 0.25) is 0 Å². The number of aromatic nitrogens is 1. The molecule has 0 aliphatic carbocycles. The van der Waals surface area contributed by atoms with Gasteiger partial charge in [0, 0.05) is 26.5 Å². The quantitative estimate of drug-likeness (QED) is 0.277. The van der Waals surface area contributed by atoms with E-state index in [1.807, 2.05) is 5.43 Å². The number of hydrogen-bond acceptors (Lipinski definition) is 6. The average molecular weight is 283 g/mol. The minimum absolute atomic E-state index is 0.363. The first-order chi connectivity index (χ1) is 9.77. The van der Waals surface area contributed by atoms with Gasteiger partial charge in [-0.15, -0.1) is 0 Å². The lowest BCUT2D eigenvalue weighted by Gasteiger charge is -2.05. The summed E-state index contributed by atoms with van der Waals surface area (Å²) in [6.45, 7) is 2.85. The number of methoxy groups -OCH3 is 1. The molecule has 1 rings (SSSR count). The Balaban J connectivity index is 2.11. The second kappa shape index (κ2) is 10.3. The lowest BCUT2D eigenvalue weighted by Crippen LogP contribution is -2.30. The highest BCUT2D eigenvalue weighted by atomic mass is 16.5. The maximum Gasteiger partial charge on any atom is 0.266 e. The average Bonchev–Trinajstić information content (AvgIpc) is 2.50. The van der Waals surface area contributed by atoms with Crippen molar-refractivity contribution < 1.29 is 19.0 Å². The van der Waals surface area contributed by atoms with Crippen LogP contribution in [-0.2, 0) is 20.8 Å². The maximum absolute atomic E-state index is 11.2. The third kappa shape index (κ3) is 6.58. The normalized spacial score (nSPS) is 10.5. The largest absolute Gasteiger partial charge is 0.382 e. The van der Waals surface area contributed by atoms with Gasteiger partial charge >= 0.3 is 0 Å². The number of pyridine rings is 1. The molecular formula is C13H21N3O4. The van der Waals surface area contributed by atoms with Gasteiger partial charge in [0.1, 0.15) is 0 Å². The van der Waals surface area contributed by atoms with Gasteiger partial charge in [-0.3, -0.25) is 15.2 Å². The molecule has 7 heteroatoms. The summed E-state index contributed by atoms with van der Waals surface area (Å²) in [6.07, 6.45) is 2.28. The molecule has 1 heterocycles. The summed E-state index contributed by atoms with van der Waals surface area (Å²) in [4.78, 5) is 15.3. The molecule has 1 aromatic rings. The van der Waals surface area contributed by atoms with Crippen LogP contribution in [0.5, 0.6) is 0 Å². The zero-order chi connectivity index (χ0) is 14.6. The van der Waals surface area contributed by atoms with Crippen LogP contribution in [0.15, 0.2) is 18.3 Å². The molecule has 0 unspecified atom stereocenters. The van der Waals surface area contributed by atoms with Crippen molar-refractivity contribution in [1.29, 1.82) is 0 Å². The van der Waals surface area contributed by atoms with Crippen LogP contribution >= 0.6 is 0 Å². The Hall–Kier alpha value is -1.54. The van der Waals surface area contributed by atoms with Gasteiger partial charge in [0.25, 0.3) is 5.91 Å². The van der Waals surface area contributed by atoms with Crippen molar-refractivity contribution in [3.63, 3.8) is 0 Å². The Morgan fingerprint density at radius 3 is 2.70 bits per heavy atom. The summed E-state index contributed by atoms with van der Waals surface area (Å²) in [5.41, 5.74) is 3.23. The number of nitrogens with zero attached hydrogens (tertiary/aromatic N) is 1. The third-order valence-corrected chi connectivity index (χ3v) is 2.48. The molecule has 0 radical (unpaired) electrons. The van der Waals surface area contributed by atoms with Crippen LogP contribution in [-0.4, -0.2) is 44.4 Å². The molecule has 0 bridgehead atoms. The van der Waals surface area contributed by atoms with Crippen molar-refractivity contribution in [3.8, 4) is 0 Å². The first-order valence-corrected chi connectivity index (χ1v) is 6.38. The molecule has 0 aliphatic heterocycles. The monoisotopic (exact) mass is 283 g/mol. The van der Waals surface area contributed by atoms with Gasteiger partial charge in [0.15, 0.2) is 0 Å². The topological polar surface area (TPSA) is 95.7 Å². The van der Waals surface area contributed by atoms with Gasteiger partial charge in [-0.25, -0.2) is 5.84 Å². The number of nitrogen functional groups attached to an aromatic ring is 1. The number of amides is 1. The summed E-state index contributed by atoms with van der Waals surface area (Å²) in [7, 11) is 1.64. The van der Waals surface area contributed by atoms with Crippen LogP contribution in [0.25, 0.3) is 0 Å². The lowest BCUT2D eigenvalue weighted by molar-refractivity contribution is 0.0478. The van der Waals surface area contributed by atoms with Gasteiger partial charge in [0.05, 0.1) is 31.1 Å². The van der Waals surface area contributed by atoms with Gasteiger partial charge in [-0.1, -0.05) is 0 Å². The number of hydrazine groups is 1. The van der Waals surface area contributed by atoms with E-state index in [-0.39, 0.29) is 5.91 Å². The van der Waals surface area contributed by atoms with Crippen LogP contribution in [0.1, 0.15) is 22.5 Å². The molecule has 0 saturated heterocycles. The first-order valence-electron chi connectivity index (χ1n) is 6.38. The minimum Gasteiger partial charge on any atom is -0.382 e. The van der Waals surface area contributed by atoms with E-state index in [1.165, 1.54) is 6.20 Å². The van der Waals surface area contributed by atoms with E-state index in [0.717, 1.165) is 12.1 Å². The van der Waals surface area contributed by atoms with Crippen molar-refractivity contribution in [1.82, 2.24) is 10.4 Å². The first kappa shape index (κ1) is 16.5. The van der Waals surface area contributed by atoms with Gasteiger partial charge < -0.3 is 14.2 Å². The summed E-state index contributed by atoms with van der Waals surface area (Å²) in [6, 6.07) is 3.39. The SMILES string of the molecule is COCCOCCCOCc1ccc(C(=O)NN)cn1. The Kier molecular flexibility index (Phi) is 8.48. The number of carbonyl (C=O) groups is 1. The fourth-order valence-electron chi connectivity index (χ4n) is 1.41. The second-order valence-electron chi connectivity index (χ2n) is 4.02. The van der Waals surface area contributed by atoms with E-state index in [4.69, 9.17) is 20.1 Å². The molecular weight excluding hydrogens is 262 g/mol. The summed E-state index contributed by atoms with van der Waals surface area (Å²) >= 11 is 0. The van der Waals surface area contributed by atoms with Crippen LogP contribution < -0.4 is 11.3 Å². The summed E-state index contributed by atoms with van der Waals surface area (Å²) in [5, 5.41) is 0. The molecule has 0 saturated carbocycles. The number of nitrogens with two attached hydrogens (primary N) is 1. The molecule has 7 nitrogen and oxygen atoms in total. The molecule has 0 aromatic carbocycles. The van der Waals surface area contributed by atoms with Crippen molar-refractivity contribution in [3.05, 3.63) is 29.6 Å². The standard InChI is InChI=1S/C13H21N3O4/c1-18-7-8-19-5-2-6-20-10-12-4-3-11(9-15-12)13(17)16-14/h3-4,9H,2,5-8,10,14H2,1H3,(H,16,17). The number of carbonyl (C=O) groups excluding carboxylic acids is 1. The molecule has 0 aliphatic rings. The van der Waals surface area contributed by atoms with Crippen molar-refractivity contribution in [2.45, 2.75) is 13.0 Å². The highest BCUT2D eigenvalue weighted by molar-refractivity contribution is 5.93. The van der Waals surface area contributed by atoms with E-state index in [2.05, 4.69) is 4.98 Å². The lowest BCUT2D eigenvalue weighted by atomic mass is 10.2. The van der Waals surface area contributed by atoms with Gasteiger partial charge in [0.2, 0.25) is 0 Å². The van der Waals surface area contributed by atoms with Crippen molar-refractivity contribution in [2.24, 2.45) is 5.84 Å². The van der Waals surface area contributed by atoms with Crippen LogP contribution in [0, 0.1) is 0 Å². The highest BCUT2D eigenvalue weighted by Gasteiger charge is 2.03. The number of hydrogen-bond donors (Lipinski definition) is 2. The number of rotatable bonds is 10. The van der Waals surface area contributed by atoms with E-state index >= 15 is 0 Å². The molecule has 3 N–H and O–H groups in total. The fraction of sp³-hybridized carbons (Fsp3) is 0.538. The Bertz CT molecular complexity index is 384. The molecule has 0 spiro atoms. The predicted octanol–water partition coefficient (Wildman–Crippen LogP) is 0.255. The molecule has 0 fully saturated rings. The van der Waals surface area contributed by atoms with E-state index in [1.54, 1.807) is 19.2 Å².